The van der Waals surface area contributed by atoms with Gasteiger partial charge in [0, 0.05) is 31.3 Å². The number of likely N-dealkylation sites (tertiary alicyclic amines) is 1. The number of ether oxygens (including phenoxy) is 1. The van der Waals surface area contributed by atoms with E-state index in [1.54, 1.807) is 24.1 Å². The maximum absolute atomic E-state index is 13.1. The Morgan fingerprint density at radius 1 is 1.38 bits per heavy atom. The van der Waals surface area contributed by atoms with Gasteiger partial charge in [0.2, 0.25) is 5.91 Å². The van der Waals surface area contributed by atoms with E-state index in [0.717, 1.165) is 23.2 Å². The van der Waals surface area contributed by atoms with Crippen LogP contribution in [0, 0.1) is 6.92 Å². The Kier molecular flexibility index (Phi) is 4.64. The minimum absolute atomic E-state index is 0.0725. The second-order valence-electron chi connectivity index (χ2n) is 10.3. The lowest BCUT2D eigenvalue weighted by Crippen LogP contribution is -2.78. The number of benzene rings is 1. The zero-order valence-electron chi connectivity index (χ0n) is 19.7. The number of aromatic hydroxyl groups is 1. The van der Waals surface area contributed by atoms with E-state index in [2.05, 4.69) is 16.5 Å². The van der Waals surface area contributed by atoms with Crippen molar-refractivity contribution in [3.8, 4) is 11.5 Å². The summed E-state index contributed by atoms with van der Waals surface area (Å²) in [6.07, 6.45) is 5.63. The summed E-state index contributed by atoms with van der Waals surface area (Å²) in [5.41, 5.74) is 1.25. The summed E-state index contributed by atoms with van der Waals surface area (Å²) in [5.74, 6) is 1.10. The van der Waals surface area contributed by atoms with Crippen LogP contribution in [0.1, 0.15) is 42.9 Å². The summed E-state index contributed by atoms with van der Waals surface area (Å²) in [4.78, 5) is 21.7. The first-order chi connectivity index (χ1) is 16.3. The van der Waals surface area contributed by atoms with Gasteiger partial charge in [0.25, 0.3) is 0 Å². The first kappa shape index (κ1) is 21.6. The molecule has 6 rings (SSSR count). The van der Waals surface area contributed by atoms with E-state index in [0.29, 0.717) is 43.8 Å². The highest BCUT2D eigenvalue weighted by Gasteiger charge is 2.73. The van der Waals surface area contributed by atoms with Gasteiger partial charge in [-0.2, -0.15) is 0 Å². The molecule has 2 aromatic rings. The number of anilines is 1. The molecule has 1 saturated carbocycles. The topological polar surface area (TPSA) is 86.1 Å². The Morgan fingerprint density at radius 3 is 2.94 bits per heavy atom. The van der Waals surface area contributed by atoms with Crippen LogP contribution in [0.3, 0.4) is 0 Å². The van der Waals surface area contributed by atoms with Crippen LogP contribution in [0.4, 0.5) is 5.82 Å². The monoisotopic (exact) mass is 461 g/mol. The summed E-state index contributed by atoms with van der Waals surface area (Å²) in [6, 6.07) is 7.10. The SMILES string of the molecule is C=CCN1CC[C@]23c4c5ccc(O)c4O[C@H]2[C@H](N(C(C)=O)c2ncccc2C)CC[C@@]3(O)[C@H]1C5. The molecule has 1 spiro atoms. The highest BCUT2D eigenvalue weighted by atomic mass is 16.5. The highest BCUT2D eigenvalue weighted by Crippen LogP contribution is 2.66. The maximum atomic E-state index is 13.1. The van der Waals surface area contributed by atoms with Crippen LogP contribution in [0.2, 0.25) is 0 Å². The quantitative estimate of drug-likeness (QED) is 0.681. The lowest BCUT2D eigenvalue weighted by atomic mass is 9.48. The van der Waals surface area contributed by atoms with Crippen molar-refractivity contribution < 1.29 is 19.7 Å². The number of pyridine rings is 1. The van der Waals surface area contributed by atoms with Crippen molar-refractivity contribution in [3.05, 3.63) is 59.8 Å². The molecule has 1 aromatic carbocycles. The van der Waals surface area contributed by atoms with E-state index < -0.39 is 17.1 Å². The first-order valence-electron chi connectivity index (χ1n) is 12.1. The Hall–Kier alpha value is -2.90. The molecule has 0 unspecified atom stereocenters. The van der Waals surface area contributed by atoms with E-state index in [1.165, 1.54) is 0 Å². The smallest absolute Gasteiger partial charge is 0.225 e. The van der Waals surface area contributed by atoms with Gasteiger partial charge in [-0.1, -0.05) is 18.2 Å². The van der Waals surface area contributed by atoms with E-state index in [9.17, 15) is 15.0 Å². The van der Waals surface area contributed by atoms with Crippen molar-refractivity contribution >= 4 is 11.7 Å². The zero-order valence-corrected chi connectivity index (χ0v) is 19.7. The molecular formula is C27H31N3O4. The standard InChI is InChI=1S/C27H31N3O4/c1-4-13-29-14-11-26-22-18-7-8-20(32)23(22)34-24(26)19(9-10-27(26,33)21(29)15-18)30(17(3)31)25-16(2)6-5-12-28-25/h4-8,12,19,21,24,32-33H,1,9-11,13-15H2,2-3H3/t19-,21-,24+,26+,27-/m1/s1. The molecular weight excluding hydrogens is 430 g/mol. The van der Waals surface area contributed by atoms with Crippen molar-refractivity contribution in [2.75, 3.05) is 18.0 Å². The van der Waals surface area contributed by atoms with Crippen LogP contribution in [0.15, 0.2) is 43.1 Å². The van der Waals surface area contributed by atoms with Crippen molar-refractivity contribution in [2.24, 2.45) is 0 Å². The summed E-state index contributed by atoms with van der Waals surface area (Å²) in [5, 5.41) is 23.3. The number of aryl methyl sites for hydroxylation is 1. The van der Waals surface area contributed by atoms with Crippen molar-refractivity contribution in [2.45, 2.75) is 68.7 Å². The molecule has 5 atom stereocenters. The molecule has 2 N–H and O–H groups in total. The normalized spacial score (nSPS) is 33.1. The number of carbonyl (C=O) groups is 1. The lowest BCUT2D eigenvalue weighted by molar-refractivity contribution is -0.187. The number of carbonyl (C=O) groups excluding carboxylic acids is 1. The molecule has 2 fully saturated rings. The van der Waals surface area contributed by atoms with Gasteiger partial charge in [-0.05, 0) is 62.4 Å². The third-order valence-electron chi connectivity index (χ3n) is 8.79. The molecule has 7 nitrogen and oxygen atoms in total. The predicted molar refractivity (Wildman–Crippen MR) is 128 cm³/mol. The Balaban J connectivity index is 1.55. The highest BCUT2D eigenvalue weighted by molar-refractivity contribution is 5.92. The van der Waals surface area contributed by atoms with Gasteiger partial charge in [-0.25, -0.2) is 4.98 Å². The third kappa shape index (κ3) is 2.54. The molecule has 2 aliphatic heterocycles. The second kappa shape index (κ2) is 7.30. The number of aromatic nitrogens is 1. The molecule has 1 saturated heterocycles. The van der Waals surface area contributed by atoms with E-state index in [-0.39, 0.29) is 23.7 Å². The third-order valence-corrected chi connectivity index (χ3v) is 8.79. The minimum atomic E-state index is -1.02. The van der Waals surface area contributed by atoms with Crippen LogP contribution in [0.5, 0.6) is 11.5 Å². The number of phenols is 1. The van der Waals surface area contributed by atoms with Crippen molar-refractivity contribution in [1.29, 1.82) is 0 Å². The molecule has 2 bridgehead atoms. The van der Waals surface area contributed by atoms with Gasteiger partial charge in [0.05, 0.1) is 17.1 Å². The van der Waals surface area contributed by atoms with Gasteiger partial charge in [0.1, 0.15) is 11.9 Å². The average molecular weight is 462 g/mol. The largest absolute Gasteiger partial charge is 0.504 e. The Morgan fingerprint density at radius 2 is 2.21 bits per heavy atom. The van der Waals surface area contributed by atoms with Crippen LogP contribution in [0.25, 0.3) is 0 Å². The average Bonchev–Trinajstić information content (AvgIpc) is 3.16. The number of rotatable bonds is 4. The summed E-state index contributed by atoms with van der Waals surface area (Å²) < 4.78 is 6.60. The molecule has 2 aliphatic carbocycles. The first-order valence-corrected chi connectivity index (χ1v) is 12.1. The van der Waals surface area contributed by atoms with E-state index in [1.807, 2.05) is 31.2 Å². The Bertz CT molecular complexity index is 1200. The van der Waals surface area contributed by atoms with Crippen molar-refractivity contribution in [3.63, 3.8) is 0 Å². The van der Waals surface area contributed by atoms with E-state index in [4.69, 9.17) is 4.74 Å². The summed E-state index contributed by atoms with van der Waals surface area (Å²) in [7, 11) is 0. The molecule has 0 radical (unpaired) electrons. The van der Waals surface area contributed by atoms with Gasteiger partial charge < -0.3 is 14.9 Å². The molecule has 34 heavy (non-hydrogen) atoms. The van der Waals surface area contributed by atoms with Crippen LogP contribution < -0.4 is 9.64 Å². The fourth-order valence-corrected chi connectivity index (χ4v) is 7.52. The molecule has 7 heteroatoms. The van der Waals surface area contributed by atoms with Crippen molar-refractivity contribution in [1.82, 2.24) is 9.88 Å². The number of hydrogen-bond donors (Lipinski definition) is 2. The van der Waals surface area contributed by atoms with Crippen LogP contribution in [-0.2, 0) is 16.6 Å². The minimum Gasteiger partial charge on any atom is -0.504 e. The second-order valence-corrected chi connectivity index (χ2v) is 10.3. The number of phenolic OH excluding ortho intramolecular Hbond substituents is 1. The number of amides is 1. The van der Waals surface area contributed by atoms with E-state index >= 15 is 0 Å². The molecule has 3 heterocycles. The number of piperidine rings is 1. The number of hydrogen-bond acceptors (Lipinski definition) is 6. The Labute approximate surface area is 199 Å². The van der Waals surface area contributed by atoms with Gasteiger partial charge in [0.15, 0.2) is 11.5 Å². The fraction of sp³-hybridized carbons (Fsp3) is 0.481. The van der Waals surface area contributed by atoms with Gasteiger partial charge >= 0.3 is 0 Å². The fourth-order valence-electron chi connectivity index (χ4n) is 7.52. The lowest BCUT2D eigenvalue weighted by Gasteiger charge is -2.64. The van der Waals surface area contributed by atoms with Crippen LogP contribution in [-0.4, -0.2) is 62.9 Å². The predicted octanol–water partition coefficient (Wildman–Crippen LogP) is 2.86. The molecule has 1 aromatic heterocycles. The van der Waals surface area contributed by atoms with Gasteiger partial charge in [-0.15, -0.1) is 6.58 Å². The maximum Gasteiger partial charge on any atom is 0.225 e. The summed E-state index contributed by atoms with van der Waals surface area (Å²) >= 11 is 0. The summed E-state index contributed by atoms with van der Waals surface area (Å²) in [6.45, 7) is 8.95. The zero-order chi connectivity index (χ0) is 23.8. The molecule has 1 amide bonds. The van der Waals surface area contributed by atoms with Gasteiger partial charge in [-0.3, -0.25) is 14.6 Å². The van der Waals surface area contributed by atoms with Crippen LogP contribution >= 0.6 is 0 Å². The number of nitrogens with zero attached hydrogens (tertiary/aromatic N) is 3. The molecule has 178 valence electrons. The number of aliphatic hydroxyl groups is 1. The molecule has 4 aliphatic rings.